The number of hydrogen-bond donors (Lipinski definition) is 1. The summed E-state index contributed by atoms with van der Waals surface area (Å²) in [5.41, 5.74) is 2.21. The lowest BCUT2D eigenvalue weighted by molar-refractivity contribution is -0.136. The van der Waals surface area contributed by atoms with Crippen molar-refractivity contribution in [2.45, 2.75) is 45.7 Å². The van der Waals surface area contributed by atoms with Crippen molar-refractivity contribution in [3.05, 3.63) is 42.0 Å². The van der Waals surface area contributed by atoms with Crippen LogP contribution in [0.2, 0.25) is 0 Å². The van der Waals surface area contributed by atoms with Crippen molar-refractivity contribution in [2.24, 2.45) is 0 Å². The Morgan fingerprint density at radius 1 is 1.23 bits per heavy atom. The van der Waals surface area contributed by atoms with Gasteiger partial charge in [-0.2, -0.15) is 0 Å². The molecule has 1 N–H and O–H groups in total. The van der Waals surface area contributed by atoms with E-state index >= 15 is 0 Å². The summed E-state index contributed by atoms with van der Waals surface area (Å²) in [6.07, 6.45) is 3.67. The average molecular weight is 356 g/mol. The summed E-state index contributed by atoms with van der Waals surface area (Å²) in [5.74, 6) is -0.422. The lowest BCUT2D eigenvalue weighted by atomic mass is 10.1. The van der Waals surface area contributed by atoms with Crippen LogP contribution in [0.1, 0.15) is 32.3 Å². The van der Waals surface area contributed by atoms with E-state index in [2.05, 4.69) is 15.3 Å². The van der Waals surface area contributed by atoms with E-state index in [-0.39, 0.29) is 17.9 Å². The Morgan fingerprint density at radius 2 is 1.92 bits per heavy atom. The third-order valence-corrected chi connectivity index (χ3v) is 4.70. The van der Waals surface area contributed by atoms with E-state index in [4.69, 9.17) is 0 Å². The number of halogens is 1. The number of anilines is 1. The Balaban J connectivity index is 1.82. The molecule has 136 valence electrons. The maximum absolute atomic E-state index is 13.0. The zero-order chi connectivity index (χ0) is 18.8. The standard InChI is InChI=1S/C19H21FN4O2/c1-11-4-6-15(8-16(11)18-21-9-14(20)10-22-18)23-19(26)17-7-5-12(2)24(17)13(3)25/h4,6,8-10,12,17H,5,7H2,1-3H3,(H,23,26)/t12-,17+/m0/s1. The molecule has 1 aromatic carbocycles. The average Bonchev–Trinajstić information content (AvgIpc) is 2.99. The maximum atomic E-state index is 13.0. The largest absolute Gasteiger partial charge is 0.328 e. The van der Waals surface area contributed by atoms with E-state index in [1.807, 2.05) is 19.9 Å². The molecule has 0 radical (unpaired) electrons. The van der Waals surface area contributed by atoms with E-state index in [1.165, 1.54) is 6.92 Å². The van der Waals surface area contributed by atoms with Crippen LogP contribution in [0.3, 0.4) is 0 Å². The maximum Gasteiger partial charge on any atom is 0.247 e. The predicted octanol–water partition coefficient (Wildman–Crippen LogP) is 2.93. The van der Waals surface area contributed by atoms with Crippen LogP contribution in [0, 0.1) is 12.7 Å². The molecule has 7 heteroatoms. The number of amides is 2. The molecule has 0 aliphatic carbocycles. The number of aromatic nitrogens is 2. The lowest BCUT2D eigenvalue weighted by Crippen LogP contribution is -2.45. The van der Waals surface area contributed by atoms with Gasteiger partial charge in [0.05, 0.1) is 12.4 Å². The Labute approximate surface area is 151 Å². The molecule has 2 atom stereocenters. The van der Waals surface area contributed by atoms with Crippen molar-refractivity contribution in [1.82, 2.24) is 14.9 Å². The second kappa shape index (κ2) is 7.19. The molecule has 6 nitrogen and oxygen atoms in total. The molecule has 0 spiro atoms. The first-order valence-corrected chi connectivity index (χ1v) is 8.55. The first kappa shape index (κ1) is 18.0. The summed E-state index contributed by atoms with van der Waals surface area (Å²) >= 11 is 0. The summed E-state index contributed by atoms with van der Waals surface area (Å²) in [6, 6.07) is 4.99. The van der Waals surface area contributed by atoms with Gasteiger partial charge in [-0.3, -0.25) is 9.59 Å². The number of nitrogens with zero attached hydrogens (tertiary/aromatic N) is 3. The van der Waals surface area contributed by atoms with Gasteiger partial charge in [-0.05, 0) is 44.4 Å². The summed E-state index contributed by atoms with van der Waals surface area (Å²) in [6.45, 7) is 5.33. The van der Waals surface area contributed by atoms with Crippen molar-refractivity contribution in [3.63, 3.8) is 0 Å². The van der Waals surface area contributed by atoms with Crippen molar-refractivity contribution >= 4 is 17.5 Å². The Kier molecular flexibility index (Phi) is 4.97. The number of benzene rings is 1. The van der Waals surface area contributed by atoms with E-state index in [0.717, 1.165) is 24.4 Å². The van der Waals surface area contributed by atoms with E-state index < -0.39 is 11.9 Å². The molecule has 0 unspecified atom stereocenters. The number of hydrogen-bond acceptors (Lipinski definition) is 4. The van der Waals surface area contributed by atoms with Gasteiger partial charge in [-0.15, -0.1) is 0 Å². The summed E-state index contributed by atoms with van der Waals surface area (Å²) in [4.78, 5) is 34.1. The number of nitrogens with one attached hydrogen (secondary N) is 1. The molecule has 0 bridgehead atoms. The molecule has 2 aromatic rings. The van der Waals surface area contributed by atoms with Gasteiger partial charge < -0.3 is 10.2 Å². The number of carbonyl (C=O) groups is 2. The fourth-order valence-electron chi connectivity index (χ4n) is 3.39. The molecule has 3 rings (SSSR count). The Bertz CT molecular complexity index is 838. The summed E-state index contributed by atoms with van der Waals surface area (Å²) in [7, 11) is 0. The minimum absolute atomic E-state index is 0.0597. The smallest absolute Gasteiger partial charge is 0.247 e. The fraction of sp³-hybridized carbons (Fsp3) is 0.368. The highest BCUT2D eigenvalue weighted by Gasteiger charge is 2.37. The van der Waals surface area contributed by atoms with Crippen LogP contribution in [0.15, 0.2) is 30.6 Å². The van der Waals surface area contributed by atoms with Crippen molar-refractivity contribution < 1.29 is 14.0 Å². The zero-order valence-corrected chi connectivity index (χ0v) is 15.0. The van der Waals surface area contributed by atoms with Crippen molar-refractivity contribution in [2.75, 3.05) is 5.32 Å². The monoisotopic (exact) mass is 356 g/mol. The third kappa shape index (κ3) is 3.56. The van der Waals surface area contributed by atoms with Crippen LogP contribution >= 0.6 is 0 Å². The van der Waals surface area contributed by atoms with Gasteiger partial charge >= 0.3 is 0 Å². The molecule has 1 aliphatic rings. The zero-order valence-electron chi connectivity index (χ0n) is 15.0. The lowest BCUT2D eigenvalue weighted by Gasteiger charge is -2.26. The molecule has 0 saturated carbocycles. The van der Waals surface area contributed by atoms with Crippen molar-refractivity contribution in [3.8, 4) is 11.4 Å². The molecule has 1 fully saturated rings. The Hall–Kier alpha value is -2.83. The number of aryl methyl sites for hydroxylation is 1. The highest BCUT2D eigenvalue weighted by Crippen LogP contribution is 2.27. The highest BCUT2D eigenvalue weighted by atomic mass is 19.1. The first-order valence-electron chi connectivity index (χ1n) is 8.55. The van der Waals surface area contributed by atoms with Crippen LogP contribution in [0.4, 0.5) is 10.1 Å². The number of rotatable bonds is 3. The van der Waals surface area contributed by atoms with E-state index in [9.17, 15) is 14.0 Å². The molecular weight excluding hydrogens is 335 g/mol. The molecular formula is C19H21FN4O2. The normalized spacial score (nSPS) is 19.5. The van der Waals surface area contributed by atoms with Gasteiger partial charge in [-0.1, -0.05) is 6.07 Å². The van der Waals surface area contributed by atoms with Gasteiger partial charge in [0.25, 0.3) is 0 Å². The van der Waals surface area contributed by atoms with Crippen LogP contribution in [0.25, 0.3) is 11.4 Å². The summed E-state index contributed by atoms with van der Waals surface area (Å²) in [5, 5.41) is 2.88. The molecule has 1 aromatic heterocycles. The first-order chi connectivity index (χ1) is 12.4. The highest BCUT2D eigenvalue weighted by molar-refractivity contribution is 5.97. The predicted molar refractivity (Wildman–Crippen MR) is 95.8 cm³/mol. The van der Waals surface area contributed by atoms with E-state index in [0.29, 0.717) is 23.5 Å². The van der Waals surface area contributed by atoms with Crippen LogP contribution in [-0.2, 0) is 9.59 Å². The third-order valence-electron chi connectivity index (χ3n) is 4.70. The second-order valence-corrected chi connectivity index (χ2v) is 6.61. The minimum Gasteiger partial charge on any atom is -0.328 e. The van der Waals surface area contributed by atoms with Gasteiger partial charge in [0.1, 0.15) is 6.04 Å². The minimum atomic E-state index is -0.504. The SMILES string of the molecule is CC(=O)N1[C@@H](C(=O)Nc2ccc(C)c(-c3ncc(F)cn3)c2)CC[C@@H]1C. The quantitative estimate of drug-likeness (QED) is 0.917. The van der Waals surface area contributed by atoms with Crippen LogP contribution in [0.5, 0.6) is 0 Å². The molecule has 26 heavy (non-hydrogen) atoms. The van der Waals surface area contributed by atoms with Gasteiger partial charge in [-0.25, -0.2) is 14.4 Å². The number of likely N-dealkylation sites (tertiary alicyclic amines) is 1. The van der Waals surface area contributed by atoms with Crippen LogP contribution < -0.4 is 5.32 Å². The Morgan fingerprint density at radius 3 is 2.58 bits per heavy atom. The van der Waals surface area contributed by atoms with Gasteiger partial charge in [0.15, 0.2) is 11.6 Å². The molecule has 2 heterocycles. The number of carbonyl (C=O) groups excluding carboxylic acids is 2. The molecule has 1 saturated heterocycles. The second-order valence-electron chi connectivity index (χ2n) is 6.61. The molecule has 2 amide bonds. The van der Waals surface area contributed by atoms with Crippen molar-refractivity contribution in [1.29, 1.82) is 0 Å². The summed E-state index contributed by atoms with van der Waals surface area (Å²) < 4.78 is 13.0. The van der Waals surface area contributed by atoms with Gasteiger partial charge in [0, 0.05) is 24.2 Å². The topological polar surface area (TPSA) is 75.2 Å². The fourth-order valence-corrected chi connectivity index (χ4v) is 3.39. The van der Waals surface area contributed by atoms with E-state index in [1.54, 1.807) is 17.0 Å². The van der Waals surface area contributed by atoms with Crippen LogP contribution in [-0.4, -0.2) is 38.8 Å². The van der Waals surface area contributed by atoms with Gasteiger partial charge in [0.2, 0.25) is 11.8 Å². The molecule has 1 aliphatic heterocycles.